The topological polar surface area (TPSA) is 87.1 Å². The van der Waals surface area contributed by atoms with E-state index in [1.54, 1.807) is 0 Å². The van der Waals surface area contributed by atoms with Crippen LogP contribution < -0.4 is 4.74 Å². The number of methoxy groups -OCH3 is 1. The fraction of sp³-hybridized carbons (Fsp3) is 0.238. The van der Waals surface area contributed by atoms with Crippen LogP contribution in [0.4, 0.5) is 8.78 Å². The van der Waals surface area contributed by atoms with E-state index in [0.29, 0.717) is 5.56 Å². The zero-order chi connectivity index (χ0) is 21.1. The van der Waals surface area contributed by atoms with Gasteiger partial charge >= 0.3 is 0 Å². The highest BCUT2D eigenvalue weighted by molar-refractivity contribution is 6.46. The highest BCUT2D eigenvalue weighted by atomic mass is 19.1. The van der Waals surface area contributed by atoms with Crippen LogP contribution in [0.5, 0.6) is 5.75 Å². The quantitative estimate of drug-likeness (QED) is 0.440. The van der Waals surface area contributed by atoms with Gasteiger partial charge in [0.25, 0.3) is 11.7 Å². The number of carbonyl (C=O) groups excluding carboxylic acids is 2. The minimum Gasteiger partial charge on any atom is -0.507 e. The number of ketones is 1. The number of aliphatic hydroxyl groups is 2. The molecule has 1 heterocycles. The van der Waals surface area contributed by atoms with Crippen LogP contribution >= 0.6 is 0 Å². The molecule has 0 bridgehead atoms. The van der Waals surface area contributed by atoms with E-state index in [2.05, 4.69) is 0 Å². The van der Waals surface area contributed by atoms with Crippen molar-refractivity contribution in [1.29, 1.82) is 0 Å². The van der Waals surface area contributed by atoms with Crippen molar-refractivity contribution in [1.82, 2.24) is 4.90 Å². The van der Waals surface area contributed by atoms with Gasteiger partial charge in [-0.05, 0) is 42.3 Å². The van der Waals surface area contributed by atoms with Gasteiger partial charge in [0.15, 0.2) is 11.6 Å². The number of ether oxygens (including phenoxy) is 1. The van der Waals surface area contributed by atoms with Crippen molar-refractivity contribution in [3.8, 4) is 5.75 Å². The van der Waals surface area contributed by atoms with Crippen molar-refractivity contribution in [3.63, 3.8) is 0 Å². The van der Waals surface area contributed by atoms with E-state index < -0.39 is 35.1 Å². The number of amides is 1. The summed E-state index contributed by atoms with van der Waals surface area (Å²) in [6, 6.07) is 7.81. The van der Waals surface area contributed by atoms with E-state index in [0.717, 1.165) is 6.07 Å². The predicted molar refractivity (Wildman–Crippen MR) is 100 cm³/mol. The van der Waals surface area contributed by atoms with Crippen molar-refractivity contribution in [2.75, 3.05) is 20.3 Å². The Morgan fingerprint density at radius 2 is 1.83 bits per heavy atom. The summed E-state index contributed by atoms with van der Waals surface area (Å²) >= 11 is 0. The minimum atomic E-state index is -0.993. The van der Waals surface area contributed by atoms with E-state index in [4.69, 9.17) is 9.84 Å². The van der Waals surface area contributed by atoms with Gasteiger partial charge in [0, 0.05) is 18.7 Å². The Kier molecular flexibility index (Phi) is 5.93. The average molecular weight is 403 g/mol. The zero-order valence-electron chi connectivity index (χ0n) is 15.6. The van der Waals surface area contributed by atoms with Crippen molar-refractivity contribution < 1.29 is 33.3 Å². The average Bonchev–Trinajstić information content (AvgIpc) is 2.96. The molecule has 0 aromatic heterocycles. The lowest BCUT2D eigenvalue weighted by atomic mass is 9.95. The second kappa shape index (κ2) is 8.40. The molecule has 2 aromatic rings. The zero-order valence-corrected chi connectivity index (χ0v) is 15.6. The third-order valence-corrected chi connectivity index (χ3v) is 4.71. The first kappa shape index (κ1) is 20.5. The van der Waals surface area contributed by atoms with Crippen LogP contribution in [0.15, 0.2) is 48.0 Å². The second-order valence-corrected chi connectivity index (χ2v) is 6.47. The molecule has 2 aromatic carbocycles. The van der Waals surface area contributed by atoms with Crippen molar-refractivity contribution in [2.45, 2.75) is 12.5 Å². The molecule has 1 aliphatic heterocycles. The number of Topliss-reactive ketones (excluding diaryl/α,β-unsaturated/α-hetero) is 1. The summed E-state index contributed by atoms with van der Waals surface area (Å²) in [6.07, 6.45) is 0.210. The molecule has 1 aliphatic rings. The third-order valence-electron chi connectivity index (χ3n) is 4.71. The van der Waals surface area contributed by atoms with Gasteiger partial charge in [-0.25, -0.2) is 8.78 Å². The van der Waals surface area contributed by atoms with Gasteiger partial charge in [-0.15, -0.1) is 0 Å². The monoisotopic (exact) mass is 403 g/mol. The SMILES string of the molecule is COc1ccc(/C(O)=C2\C(=O)C(=O)N(CCCO)C2c2ccc(F)cc2)cc1F. The van der Waals surface area contributed by atoms with Crippen LogP contribution in [0.3, 0.4) is 0 Å². The first-order valence-corrected chi connectivity index (χ1v) is 8.87. The van der Waals surface area contributed by atoms with Crippen LogP contribution in [0, 0.1) is 11.6 Å². The summed E-state index contributed by atoms with van der Waals surface area (Å²) in [7, 11) is 1.29. The van der Waals surface area contributed by atoms with Crippen molar-refractivity contribution in [3.05, 3.63) is 70.8 Å². The second-order valence-electron chi connectivity index (χ2n) is 6.47. The van der Waals surface area contributed by atoms with Crippen LogP contribution in [0.2, 0.25) is 0 Å². The standard InChI is InChI=1S/C21H19F2NO5/c1-29-16-8-5-13(11-15(16)23)19(26)17-18(12-3-6-14(22)7-4-12)24(9-2-10-25)21(28)20(17)27/h3-8,11,18,25-26H,2,9-10H2,1H3/b19-17+. The maximum atomic E-state index is 14.1. The summed E-state index contributed by atoms with van der Waals surface area (Å²) in [5, 5.41) is 19.9. The van der Waals surface area contributed by atoms with E-state index in [9.17, 15) is 23.5 Å². The van der Waals surface area contributed by atoms with Gasteiger partial charge in [0.2, 0.25) is 0 Å². The Hall–Kier alpha value is -3.26. The normalized spacial score (nSPS) is 18.3. The number of benzene rings is 2. The maximum absolute atomic E-state index is 14.1. The predicted octanol–water partition coefficient (Wildman–Crippen LogP) is 2.78. The van der Waals surface area contributed by atoms with Crippen LogP contribution in [-0.4, -0.2) is 47.1 Å². The lowest BCUT2D eigenvalue weighted by Gasteiger charge is -2.25. The van der Waals surface area contributed by atoms with Crippen molar-refractivity contribution >= 4 is 17.4 Å². The van der Waals surface area contributed by atoms with Gasteiger partial charge in [-0.2, -0.15) is 0 Å². The number of hydrogen-bond donors (Lipinski definition) is 2. The molecule has 1 unspecified atom stereocenters. The van der Waals surface area contributed by atoms with Crippen LogP contribution in [0.25, 0.3) is 5.76 Å². The van der Waals surface area contributed by atoms with E-state index in [-0.39, 0.29) is 36.5 Å². The Labute approximate surface area is 165 Å². The molecular weight excluding hydrogens is 384 g/mol. The van der Waals surface area contributed by atoms with Gasteiger partial charge < -0.3 is 19.8 Å². The Morgan fingerprint density at radius 3 is 2.41 bits per heavy atom. The number of rotatable bonds is 6. The lowest BCUT2D eigenvalue weighted by molar-refractivity contribution is -0.140. The minimum absolute atomic E-state index is 0.00410. The molecule has 6 nitrogen and oxygen atoms in total. The molecular formula is C21H19F2NO5. The molecule has 1 amide bonds. The summed E-state index contributed by atoms with van der Waals surface area (Å²) in [4.78, 5) is 26.5. The molecule has 0 saturated carbocycles. The fourth-order valence-electron chi connectivity index (χ4n) is 3.31. The van der Waals surface area contributed by atoms with Gasteiger partial charge in [-0.3, -0.25) is 9.59 Å². The van der Waals surface area contributed by atoms with Gasteiger partial charge in [0.05, 0.1) is 18.7 Å². The Balaban J connectivity index is 2.15. The van der Waals surface area contributed by atoms with E-state index in [1.165, 1.54) is 48.4 Å². The summed E-state index contributed by atoms with van der Waals surface area (Å²) in [6.45, 7) is -0.153. The molecule has 1 atom stereocenters. The van der Waals surface area contributed by atoms with Gasteiger partial charge in [0.1, 0.15) is 11.6 Å². The first-order valence-electron chi connectivity index (χ1n) is 8.87. The lowest BCUT2D eigenvalue weighted by Crippen LogP contribution is -2.31. The molecule has 0 radical (unpaired) electrons. The molecule has 152 valence electrons. The molecule has 1 saturated heterocycles. The molecule has 0 spiro atoms. The smallest absolute Gasteiger partial charge is 0.295 e. The summed E-state index contributed by atoms with van der Waals surface area (Å²) < 4.78 is 32.3. The number of hydrogen-bond acceptors (Lipinski definition) is 5. The van der Waals surface area contributed by atoms with E-state index in [1.807, 2.05) is 0 Å². The molecule has 3 rings (SSSR count). The van der Waals surface area contributed by atoms with Gasteiger partial charge in [-0.1, -0.05) is 12.1 Å². The fourth-order valence-corrected chi connectivity index (χ4v) is 3.31. The molecule has 8 heteroatoms. The van der Waals surface area contributed by atoms with E-state index >= 15 is 0 Å². The largest absolute Gasteiger partial charge is 0.507 e. The summed E-state index contributed by atoms with van der Waals surface area (Å²) in [5.41, 5.74) is 0.166. The third kappa shape index (κ3) is 3.84. The first-order chi connectivity index (χ1) is 13.9. The molecule has 29 heavy (non-hydrogen) atoms. The van der Waals surface area contributed by atoms with Crippen LogP contribution in [-0.2, 0) is 9.59 Å². The van der Waals surface area contributed by atoms with Crippen molar-refractivity contribution in [2.24, 2.45) is 0 Å². The number of aliphatic hydroxyl groups excluding tert-OH is 2. The Bertz CT molecular complexity index is 972. The van der Waals surface area contributed by atoms with Crippen LogP contribution in [0.1, 0.15) is 23.6 Å². The number of nitrogens with zero attached hydrogens (tertiary/aromatic N) is 1. The highest BCUT2D eigenvalue weighted by Crippen LogP contribution is 2.39. The summed E-state index contributed by atoms with van der Waals surface area (Å²) in [5.74, 6) is -3.64. The number of halogens is 2. The molecule has 0 aliphatic carbocycles. The maximum Gasteiger partial charge on any atom is 0.295 e. The molecule has 2 N–H and O–H groups in total. The molecule has 1 fully saturated rings. The number of likely N-dealkylation sites (tertiary alicyclic amines) is 1. The number of carbonyl (C=O) groups is 2. The highest BCUT2D eigenvalue weighted by Gasteiger charge is 2.45. The Morgan fingerprint density at radius 1 is 1.14 bits per heavy atom.